The van der Waals surface area contributed by atoms with Crippen molar-refractivity contribution in [2.75, 3.05) is 0 Å². The number of nitrogens with zero attached hydrogens (tertiary/aromatic N) is 1. The van der Waals surface area contributed by atoms with Gasteiger partial charge in [0.05, 0.1) is 5.52 Å². The molecule has 0 unspecified atom stereocenters. The molecule has 0 bridgehead atoms. The Morgan fingerprint density at radius 2 is 1.90 bits per heavy atom. The summed E-state index contributed by atoms with van der Waals surface area (Å²) in [7, 11) is 0. The average molecular weight is 259 g/mol. The Kier molecular flexibility index (Phi) is 2.53. The predicted molar refractivity (Wildman–Crippen MR) is 85.4 cm³/mol. The normalized spacial score (nSPS) is 13.7. The number of hydrogen-bond acceptors (Lipinski definition) is 0. The number of para-hydroxylation sites is 1. The highest BCUT2D eigenvalue weighted by molar-refractivity contribution is 5.90. The number of aromatic nitrogens is 1. The Bertz CT molecular complexity index is 821. The lowest BCUT2D eigenvalue weighted by molar-refractivity contribution is 0.967. The minimum absolute atomic E-state index is 1.14. The van der Waals surface area contributed by atoms with E-state index in [1.807, 2.05) is 0 Å². The highest BCUT2D eigenvalue weighted by Crippen LogP contribution is 2.33. The largest absolute Gasteiger partial charge is 0.310 e. The second kappa shape index (κ2) is 4.38. The van der Waals surface area contributed by atoms with E-state index in [1.54, 1.807) is 0 Å². The van der Waals surface area contributed by atoms with Crippen LogP contribution in [0, 0.1) is 6.92 Å². The van der Waals surface area contributed by atoms with Gasteiger partial charge in [-0.15, -0.1) is 0 Å². The van der Waals surface area contributed by atoms with E-state index in [1.165, 1.54) is 33.4 Å². The molecule has 98 valence electrons. The number of fused-ring (bicyclic) bond motifs is 3. The number of hydrogen-bond donors (Lipinski definition) is 0. The molecule has 4 rings (SSSR count). The minimum atomic E-state index is 1.14. The van der Waals surface area contributed by atoms with Crippen molar-refractivity contribution in [3.05, 3.63) is 71.4 Å². The number of rotatable bonds is 1. The third kappa shape index (κ3) is 1.63. The number of aryl methyl sites for hydroxylation is 2. The van der Waals surface area contributed by atoms with Crippen molar-refractivity contribution in [3.63, 3.8) is 0 Å². The van der Waals surface area contributed by atoms with Gasteiger partial charge in [0.25, 0.3) is 0 Å². The molecule has 0 saturated carbocycles. The van der Waals surface area contributed by atoms with Crippen molar-refractivity contribution in [2.45, 2.75) is 19.8 Å². The van der Waals surface area contributed by atoms with Crippen LogP contribution in [0.4, 0.5) is 0 Å². The molecule has 1 aliphatic carbocycles. The van der Waals surface area contributed by atoms with Crippen LogP contribution in [0.1, 0.15) is 23.2 Å². The fraction of sp³-hybridized carbons (Fsp3) is 0.158. The summed E-state index contributed by atoms with van der Waals surface area (Å²) < 4.78 is 2.40. The van der Waals surface area contributed by atoms with E-state index in [0.717, 1.165) is 12.8 Å². The van der Waals surface area contributed by atoms with Crippen LogP contribution in [0.15, 0.2) is 54.6 Å². The molecule has 0 amide bonds. The maximum Gasteiger partial charge on any atom is 0.0537 e. The average Bonchev–Trinajstić information content (AvgIpc) is 2.82. The standard InChI is InChI=1S/C19H17N/c1-14-7-6-8-15(13-14)20-18-11-4-2-9-16(18)17-10-3-5-12-19(17)20/h2,4-9,11-13H,3,10H2,1H3. The molecule has 1 aliphatic rings. The minimum Gasteiger partial charge on any atom is -0.310 e. The molecule has 1 aromatic heterocycles. The lowest BCUT2D eigenvalue weighted by Gasteiger charge is -2.12. The van der Waals surface area contributed by atoms with Crippen molar-refractivity contribution >= 4 is 17.0 Å². The molecule has 1 heterocycles. The molecule has 1 nitrogen and oxygen atoms in total. The van der Waals surface area contributed by atoms with E-state index in [4.69, 9.17) is 0 Å². The highest BCUT2D eigenvalue weighted by Gasteiger charge is 2.17. The van der Waals surface area contributed by atoms with Gasteiger partial charge >= 0.3 is 0 Å². The van der Waals surface area contributed by atoms with Crippen LogP contribution in [0.3, 0.4) is 0 Å². The fourth-order valence-corrected chi connectivity index (χ4v) is 3.23. The molecule has 0 spiro atoms. The van der Waals surface area contributed by atoms with E-state index in [0.29, 0.717) is 0 Å². The third-order valence-electron chi connectivity index (χ3n) is 4.12. The van der Waals surface area contributed by atoms with E-state index in [2.05, 4.69) is 72.2 Å². The van der Waals surface area contributed by atoms with Gasteiger partial charge in [0, 0.05) is 16.8 Å². The zero-order chi connectivity index (χ0) is 13.5. The van der Waals surface area contributed by atoms with Gasteiger partial charge in [0.15, 0.2) is 0 Å². The fourth-order valence-electron chi connectivity index (χ4n) is 3.23. The zero-order valence-corrected chi connectivity index (χ0v) is 11.6. The van der Waals surface area contributed by atoms with E-state index >= 15 is 0 Å². The van der Waals surface area contributed by atoms with E-state index in [9.17, 15) is 0 Å². The highest BCUT2D eigenvalue weighted by atomic mass is 15.0. The summed E-state index contributed by atoms with van der Waals surface area (Å²) in [6, 6.07) is 17.5. The zero-order valence-electron chi connectivity index (χ0n) is 11.6. The van der Waals surface area contributed by atoms with Gasteiger partial charge < -0.3 is 4.57 Å². The molecular weight excluding hydrogens is 242 g/mol. The molecule has 3 aromatic rings. The molecule has 20 heavy (non-hydrogen) atoms. The summed E-state index contributed by atoms with van der Waals surface area (Å²) in [6.45, 7) is 2.15. The van der Waals surface area contributed by atoms with Crippen LogP contribution < -0.4 is 0 Å². The smallest absolute Gasteiger partial charge is 0.0537 e. The monoisotopic (exact) mass is 259 g/mol. The van der Waals surface area contributed by atoms with E-state index < -0.39 is 0 Å². The first-order valence-electron chi connectivity index (χ1n) is 7.20. The second-order valence-electron chi connectivity index (χ2n) is 5.50. The second-order valence-corrected chi connectivity index (χ2v) is 5.50. The number of allylic oxidation sites excluding steroid dienone is 1. The van der Waals surface area contributed by atoms with Gasteiger partial charge in [-0.1, -0.05) is 36.4 Å². The van der Waals surface area contributed by atoms with Gasteiger partial charge in [-0.2, -0.15) is 0 Å². The van der Waals surface area contributed by atoms with Crippen molar-refractivity contribution in [3.8, 4) is 5.69 Å². The lowest BCUT2D eigenvalue weighted by atomic mass is 10.0. The van der Waals surface area contributed by atoms with Gasteiger partial charge in [-0.3, -0.25) is 0 Å². The van der Waals surface area contributed by atoms with Crippen LogP contribution >= 0.6 is 0 Å². The van der Waals surface area contributed by atoms with Crippen molar-refractivity contribution in [1.82, 2.24) is 4.57 Å². The van der Waals surface area contributed by atoms with Gasteiger partial charge in [-0.25, -0.2) is 0 Å². The molecule has 0 radical (unpaired) electrons. The summed E-state index contributed by atoms with van der Waals surface area (Å²) in [5, 5.41) is 1.40. The molecule has 0 saturated heterocycles. The maximum atomic E-state index is 2.40. The lowest BCUT2D eigenvalue weighted by Crippen LogP contribution is -2.00. The molecular formula is C19H17N. The molecule has 0 N–H and O–H groups in total. The Morgan fingerprint density at radius 3 is 2.80 bits per heavy atom. The SMILES string of the molecule is Cc1cccc(-n2c3c(c4ccccc42)CCC=C3)c1. The predicted octanol–water partition coefficient (Wildman–Crippen LogP) is 4.90. The third-order valence-corrected chi connectivity index (χ3v) is 4.12. The van der Waals surface area contributed by atoms with Crippen molar-refractivity contribution < 1.29 is 0 Å². The molecule has 0 atom stereocenters. The van der Waals surface area contributed by atoms with Crippen LogP contribution in [-0.4, -0.2) is 4.57 Å². The van der Waals surface area contributed by atoms with Crippen LogP contribution in [0.2, 0.25) is 0 Å². The first-order valence-corrected chi connectivity index (χ1v) is 7.20. The topological polar surface area (TPSA) is 4.93 Å². The van der Waals surface area contributed by atoms with Crippen LogP contribution in [-0.2, 0) is 6.42 Å². The summed E-state index contributed by atoms with van der Waals surface area (Å²) >= 11 is 0. The van der Waals surface area contributed by atoms with Gasteiger partial charge in [0.1, 0.15) is 0 Å². The Morgan fingerprint density at radius 1 is 1.00 bits per heavy atom. The maximum absolute atomic E-state index is 2.40. The summed E-state index contributed by atoms with van der Waals surface area (Å²) in [6.07, 6.45) is 6.86. The quantitative estimate of drug-likeness (QED) is 0.586. The van der Waals surface area contributed by atoms with Crippen LogP contribution in [0.25, 0.3) is 22.7 Å². The van der Waals surface area contributed by atoms with Gasteiger partial charge in [0.2, 0.25) is 0 Å². The summed E-state index contributed by atoms with van der Waals surface area (Å²) in [5.74, 6) is 0. The molecule has 2 aromatic carbocycles. The first-order chi connectivity index (χ1) is 9.84. The Labute approximate surface area is 119 Å². The Hall–Kier alpha value is -2.28. The van der Waals surface area contributed by atoms with Crippen molar-refractivity contribution in [2.24, 2.45) is 0 Å². The summed E-state index contributed by atoms with van der Waals surface area (Å²) in [4.78, 5) is 0. The molecule has 1 heteroatoms. The van der Waals surface area contributed by atoms with E-state index in [-0.39, 0.29) is 0 Å². The van der Waals surface area contributed by atoms with Crippen LogP contribution in [0.5, 0.6) is 0 Å². The van der Waals surface area contributed by atoms with Gasteiger partial charge in [-0.05, 0) is 55.2 Å². The molecule has 0 aliphatic heterocycles. The van der Waals surface area contributed by atoms with Crippen molar-refractivity contribution in [1.29, 1.82) is 0 Å². The number of benzene rings is 2. The summed E-state index contributed by atoms with van der Waals surface area (Å²) in [5.41, 5.74) is 6.71. The Balaban J connectivity index is 2.11. The first kappa shape index (κ1) is 11.5. The molecule has 0 fully saturated rings.